The Morgan fingerprint density at radius 3 is 2.06 bits per heavy atom. The molecule has 1 aromatic carbocycles. The monoisotopic (exact) mass is 271 g/mol. The maximum absolute atomic E-state index is 12.7. The average Bonchev–Trinajstić information content (AvgIpc) is 2.23. The zero-order chi connectivity index (χ0) is 14.0. The average molecular weight is 271 g/mol. The normalized spacial score (nSPS) is 14.6. The highest BCUT2D eigenvalue weighted by atomic mass is 19.4. The number of hydrogen-bond acceptors (Lipinski definition) is 1. The molecule has 0 heterocycles. The van der Waals surface area contributed by atoms with Gasteiger partial charge in [0.1, 0.15) is 6.04 Å². The Labute approximate surface area is 99.8 Å². The van der Waals surface area contributed by atoms with E-state index in [1.54, 1.807) is 0 Å². The van der Waals surface area contributed by atoms with Crippen molar-refractivity contribution in [3.63, 3.8) is 0 Å². The van der Waals surface area contributed by atoms with Crippen molar-refractivity contribution in [1.29, 1.82) is 0 Å². The van der Waals surface area contributed by atoms with Crippen LogP contribution in [0.15, 0.2) is 24.3 Å². The predicted octanol–water partition coefficient (Wildman–Crippen LogP) is 3.92. The van der Waals surface area contributed by atoms with Crippen LogP contribution in [0.5, 0.6) is 0 Å². The Morgan fingerprint density at radius 2 is 1.61 bits per heavy atom. The van der Waals surface area contributed by atoms with Gasteiger partial charge in [0.15, 0.2) is 0 Å². The van der Waals surface area contributed by atoms with Gasteiger partial charge in [0.25, 0.3) is 0 Å². The van der Waals surface area contributed by atoms with Crippen molar-refractivity contribution in [1.82, 2.24) is 5.32 Å². The highest BCUT2D eigenvalue weighted by molar-refractivity contribution is 5.33. The molecule has 1 unspecified atom stereocenters. The molecule has 0 amide bonds. The van der Waals surface area contributed by atoms with Gasteiger partial charge >= 0.3 is 12.4 Å². The second-order valence-electron chi connectivity index (χ2n) is 3.62. The molecule has 0 saturated carbocycles. The smallest absolute Gasteiger partial charge is 0.303 e. The third-order valence-electron chi connectivity index (χ3n) is 2.31. The first kappa shape index (κ1) is 14.8. The van der Waals surface area contributed by atoms with Crippen molar-refractivity contribution in [3.05, 3.63) is 35.4 Å². The van der Waals surface area contributed by atoms with Gasteiger partial charge in [0.05, 0.1) is 5.56 Å². The summed E-state index contributed by atoms with van der Waals surface area (Å²) < 4.78 is 76.1. The molecular weight excluding hydrogens is 260 g/mol. The molecule has 1 rings (SSSR count). The van der Waals surface area contributed by atoms with Crippen molar-refractivity contribution >= 4 is 0 Å². The summed E-state index contributed by atoms with van der Waals surface area (Å²) >= 11 is 0. The largest absolute Gasteiger partial charge is 0.416 e. The van der Waals surface area contributed by atoms with Crippen LogP contribution in [-0.2, 0) is 6.18 Å². The Balaban J connectivity index is 3.29. The summed E-state index contributed by atoms with van der Waals surface area (Å²) in [4.78, 5) is 0. The lowest BCUT2D eigenvalue weighted by molar-refractivity contribution is -0.162. The highest BCUT2D eigenvalue weighted by Gasteiger charge is 2.45. The molecule has 0 bridgehead atoms. The van der Waals surface area contributed by atoms with Crippen molar-refractivity contribution in [2.75, 3.05) is 6.54 Å². The fraction of sp³-hybridized carbons (Fsp3) is 0.455. The van der Waals surface area contributed by atoms with Crippen LogP contribution in [0.2, 0.25) is 0 Å². The van der Waals surface area contributed by atoms with E-state index in [4.69, 9.17) is 0 Å². The standard InChI is InChI=1S/C11H11F6N/c1-2-18-9(11(15,16)17)7-5-3-4-6-8(7)10(12,13)14/h3-6,9,18H,2H2,1H3. The van der Waals surface area contributed by atoms with Crippen molar-refractivity contribution in [3.8, 4) is 0 Å². The number of alkyl halides is 6. The van der Waals surface area contributed by atoms with E-state index in [0.717, 1.165) is 18.2 Å². The van der Waals surface area contributed by atoms with Crippen molar-refractivity contribution < 1.29 is 26.3 Å². The maximum Gasteiger partial charge on any atom is 0.416 e. The van der Waals surface area contributed by atoms with Gasteiger partial charge in [-0.3, -0.25) is 0 Å². The molecule has 7 heteroatoms. The van der Waals surface area contributed by atoms with Crippen LogP contribution in [0.25, 0.3) is 0 Å². The van der Waals surface area contributed by atoms with E-state index >= 15 is 0 Å². The third-order valence-corrected chi connectivity index (χ3v) is 2.31. The maximum atomic E-state index is 12.7. The van der Waals surface area contributed by atoms with Gasteiger partial charge in [-0.2, -0.15) is 26.3 Å². The quantitative estimate of drug-likeness (QED) is 0.822. The molecule has 0 aliphatic rings. The summed E-state index contributed by atoms with van der Waals surface area (Å²) in [5.74, 6) is 0. The lowest BCUT2D eigenvalue weighted by Gasteiger charge is -2.24. The van der Waals surface area contributed by atoms with Crippen LogP contribution in [0.3, 0.4) is 0 Å². The zero-order valence-electron chi connectivity index (χ0n) is 9.36. The molecule has 0 aliphatic carbocycles. The second kappa shape index (κ2) is 5.17. The molecule has 0 aromatic heterocycles. The summed E-state index contributed by atoms with van der Waals surface area (Å²) in [6.45, 7) is 1.31. The minimum Gasteiger partial charge on any atom is -0.303 e. The summed E-state index contributed by atoms with van der Waals surface area (Å²) in [6.07, 6.45) is -9.59. The van der Waals surface area contributed by atoms with Crippen LogP contribution in [0, 0.1) is 0 Å². The number of halogens is 6. The van der Waals surface area contributed by atoms with Crippen LogP contribution < -0.4 is 5.32 Å². The van der Waals surface area contributed by atoms with E-state index in [1.807, 2.05) is 5.32 Å². The first-order valence-corrected chi connectivity index (χ1v) is 5.14. The third kappa shape index (κ3) is 3.38. The predicted molar refractivity (Wildman–Crippen MR) is 53.9 cm³/mol. The molecule has 1 N–H and O–H groups in total. The topological polar surface area (TPSA) is 12.0 Å². The fourth-order valence-electron chi connectivity index (χ4n) is 1.61. The second-order valence-corrected chi connectivity index (χ2v) is 3.62. The fourth-order valence-corrected chi connectivity index (χ4v) is 1.61. The summed E-state index contributed by atoms with van der Waals surface area (Å²) in [5, 5.41) is 2.03. The van der Waals surface area contributed by atoms with Gasteiger partial charge in [-0.25, -0.2) is 0 Å². The lowest BCUT2D eigenvalue weighted by atomic mass is 9.99. The van der Waals surface area contributed by atoms with Gasteiger partial charge in [0, 0.05) is 0 Å². The van der Waals surface area contributed by atoms with Crippen LogP contribution in [-0.4, -0.2) is 12.7 Å². The molecule has 0 aliphatic heterocycles. The molecule has 0 radical (unpaired) electrons. The van der Waals surface area contributed by atoms with E-state index in [-0.39, 0.29) is 6.54 Å². The number of rotatable bonds is 3. The molecule has 102 valence electrons. The number of nitrogens with one attached hydrogen (secondary N) is 1. The molecule has 0 saturated heterocycles. The summed E-state index contributed by atoms with van der Waals surface area (Å²) in [5.41, 5.74) is -2.08. The van der Waals surface area contributed by atoms with Crippen LogP contribution >= 0.6 is 0 Å². The van der Waals surface area contributed by atoms with Crippen molar-refractivity contribution in [2.24, 2.45) is 0 Å². The van der Waals surface area contributed by atoms with Gasteiger partial charge in [0.2, 0.25) is 0 Å². The Hall–Kier alpha value is -1.24. The Bertz CT molecular complexity index is 395. The van der Waals surface area contributed by atoms with Gasteiger partial charge in [-0.15, -0.1) is 0 Å². The van der Waals surface area contributed by atoms with E-state index in [9.17, 15) is 26.3 Å². The molecular formula is C11H11F6N. The molecule has 0 fully saturated rings. The minimum absolute atomic E-state index is 0.0869. The summed E-state index contributed by atoms with van der Waals surface area (Å²) in [6, 6.07) is 1.38. The first-order valence-electron chi connectivity index (χ1n) is 5.14. The van der Waals surface area contributed by atoms with Crippen LogP contribution in [0.1, 0.15) is 24.1 Å². The minimum atomic E-state index is -4.81. The molecule has 0 spiro atoms. The SMILES string of the molecule is CCNC(c1ccccc1C(F)(F)F)C(F)(F)F. The van der Waals surface area contributed by atoms with Crippen molar-refractivity contribution in [2.45, 2.75) is 25.3 Å². The molecule has 1 nitrogen and oxygen atoms in total. The van der Waals surface area contributed by atoms with E-state index in [1.165, 1.54) is 6.92 Å². The van der Waals surface area contributed by atoms with Gasteiger partial charge < -0.3 is 5.32 Å². The van der Waals surface area contributed by atoms with E-state index < -0.39 is 29.5 Å². The Morgan fingerprint density at radius 1 is 1.06 bits per heavy atom. The molecule has 18 heavy (non-hydrogen) atoms. The number of benzene rings is 1. The first-order chi connectivity index (χ1) is 8.18. The lowest BCUT2D eigenvalue weighted by Crippen LogP contribution is -2.35. The zero-order valence-corrected chi connectivity index (χ0v) is 9.36. The number of hydrogen-bond donors (Lipinski definition) is 1. The van der Waals surface area contributed by atoms with Gasteiger partial charge in [-0.05, 0) is 18.2 Å². The molecule has 1 atom stereocenters. The van der Waals surface area contributed by atoms with Crippen LogP contribution in [0.4, 0.5) is 26.3 Å². The summed E-state index contributed by atoms with van der Waals surface area (Å²) in [7, 11) is 0. The van der Waals surface area contributed by atoms with E-state index in [0.29, 0.717) is 6.07 Å². The Kier molecular flexibility index (Phi) is 4.26. The molecule has 1 aromatic rings. The highest BCUT2D eigenvalue weighted by Crippen LogP contribution is 2.40. The van der Waals surface area contributed by atoms with E-state index in [2.05, 4.69) is 0 Å². The van der Waals surface area contributed by atoms with Gasteiger partial charge in [-0.1, -0.05) is 25.1 Å².